The number of carbonyl (C=O) groups excluding carboxylic acids is 1. The van der Waals surface area contributed by atoms with Crippen molar-refractivity contribution in [2.24, 2.45) is 0 Å². The van der Waals surface area contributed by atoms with Crippen LogP contribution in [0.3, 0.4) is 0 Å². The molecule has 0 aliphatic carbocycles. The maximum Gasteiger partial charge on any atom is 0.335 e. The van der Waals surface area contributed by atoms with Crippen LogP contribution in [0.4, 0.5) is 0 Å². The highest BCUT2D eigenvalue weighted by molar-refractivity contribution is 5.73. The minimum atomic E-state index is -2.25. The quantitative estimate of drug-likeness (QED) is 0.194. The van der Waals surface area contributed by atoms with Crippen molar-refractivity contribution >= 4 is 12.3 Å². The number of carbonyl (C=O) groups is 2. The molecule has 0 bridgehead atoms. The van der Waals surface area contributed by atoms with Crippen LogP contribution in [-0.2, 0) is 14.3 Å². The fraction of sp³-hybridized carbons (Fsp3) is 0.833. The van der Waals surface area contributed by atoms with Gasteiger partial charge in [0, 0.05) is 0 Å². The van der Waals surface area contributed by atoms with E-state index >= 15 is 0 Å². The van der Waals surface area contributed by atoms with Crippen molar-refractivity contribution < 1.29 is 65.4 Å². The van der Waals surface area contributed by atoms with Gasteiger partial charge in [-0.2, -0.15) is 0 Å². The molecule has 1 rings (SSSR count). The van der Waals surface area contributed by atoms with Crippen molar-refractivity contribution in [3.05, 3.63) is 0 Å². The Morgan fingerprint density at radius 2 is 1.48 bits per heavy atom. The Kier molecular flexibility index (Phi) is 10.1. The molecule has 1 saturated heterocycles. The van der Waals surface area contributed by atoms with Gasteiger partial charge in [-0.25, -0.2) is 4.79 Å². The zero-order chi connectivity index (χ0) is 19.9. The first kappa shape index (κ1) is 23.7. The van der Waals surface area contributed by atoms with Crippen LogP contribution in [0.5, 0.6) is 0 Å². The van der Waals surface area contributed by atoms with Crippen LogP contribution in [-0.4, -0.2) is 125 Å². The third-order valence-corrected chi connectivity index (χ3v) is 3.28. The number of hydrogen-bond donors (Lipinski definition) is 10. The van der Waals surface area contributed by atoms with E-state index in [1.54, 1.807) is 0 Å². The van der Waals surface area contributed by atoms with Gasteiger partial charge in [0.25, 0.3) is 0 Å². The third-order valence-electron chi connectivity index (χ3n) is 3.28. The Bertz CT molecular complexity index is 413. The van der Waals surface area contributed by atoms with Gasteiger partial charge in [-0.3, -0.25) is 0 Å². The number of ether oxygens (including phenoxy) is 1. The minimum absolute atomic E-state index is 0.0809. The normalized spacial score (nSPS) is 34.0. The molecule has 4 unspecified atom stereocenters. The van der Waals surface area contributed by atoms with Crippen molar-refractivity contribution in [2.45, 2.75) is 55.1 Å². The van der Waals surface area contributed by atoms with Gasteiger partial charge in [-0.1, -0.05) is 0 Å². The van der Waals surface area contributed by atoms with Gasteiger partial charge in [0.15, 0.2) is 18.7 Å². The lowest BCUT2D eigenvalue weighted by atomic mass is 10.00. The van der Waals surface area contributed by atoms with Gasteiger partial charge in [0.2, 0.25) is 0 Å². The number of carboxylic acid groups (broad SMARTS) is 1. The van der Waals surface area contributed by atoms with Crippen molar-refractivity contribution in [3.8, 4) is 0 Å². The largest absolute Gasteiger partial charge is 0.479 e. The number of aliphatic hydroxyl groups is 9. The van der Waals surface area contributed by atoms with Gasteiger partial charge < -0.3 is 60.6 Å². The highest BCUT2D eigenvalue weighted by Gasteiger charge is 2.42. The number of carboxylic acids is 1. The van der Waals surface area contributed by atoms with Crippen LogP contribution in [0.25, 0.3) is 0 Å². The minimum Gasteiger partial charge on any atom is -0.479 e. The van der Waals surface area contributed by atoms with E-state index < -0.39 is 67.7 Å². The SMILES string of the molecule is O=CC(O)C(O)C(O)C(O)C(=O)O.OC[C@H]1O[C@@H](O)[C@H](O)[C@@H](O)[C@@H]1O. The molecular weight excluding hydrogens is 352 g/mol. The summed E-state index contributed by atoms with van der Waals surface area (Å²) >= 11 is 0. The van der Waals surface area contributed by atoms with Crippen molar-refractivity contribution in [2.75, 3.05) is 6.61 Å². The van der Waals surface area contributed by atoms with Crippen molar-refractivity contribution in [1.82, 2.24) is 0 Å². The highest BCUT2D eigenvalue weighted by atomic mass is 16.6. The van der Waals surface area contributed by atoms with Gasteiger partial charge in [0.05, 0.1) is 6.61 Å². The maximum absolute atomic E-state index is 10.1. The van der Waals surface area contributed by atoms with Crippen LogP contribution in [0.2, 0.25) is 0 Å². The number of aldehydes is 1. The topological polar surface area (TPSA) is 246 Å². The van der Waals surface area contributed by atoms with E-state index in [0.29, 0.717) is 0 Å². The lowest BCUT2D eigenvalue weighted by molar-refractivity contribution is -0.286. The molecule has 0 aromatic rings. The second kappa shape index (κ2) is 10.7. The molecule has 13 nitrogen and oxygen atoms in total. The van der Waals surface area contributed by atoms with Gasteiger partial charge >= 0.3 is 5.97 Å². The lowest BCUT2D eigenvalue weighted by Crippen LogP contribution is -2.58. The lowest BCUT2D eigenvalue weighted by Gasteiger charge is -2.37. The summed E-state index contributed by atoms with van der Waals surface area (Å²) in [5.41, 5.74) is 0. The molecule has 9 atom stereocenters. The molecule has 25 heavy (non-hydrogen) atoms. The summed E-state index contributed by atoms with van der Waals surface area (Å²) in [7, 11) is 0. The predicted molar refractivity (Wildman–Crippen MR) is 73.7 cm³/mol. The summed E-state index contributed by atoms with van der Waals surface area (Å²) < 4.78 is 4.58. The Hall–Kier alpha value is -1.26. The standard InChI is InChI=1S/C6H10O7.C6H12O6/c7-1-2(8)3(9)4(10)5(11)6(12)13;7-1-2-3(8)4(9)5(10)6(11)12-2/h1-5,8-11H,(H,12,13);2-11H,1H2/t;2-,3-,4+,5-,6-/m.1/s1. The zero-order valence-electron chi connectivity index (χ0n) is 12.7. The number of aliphatic hydroxyl groups excluding tert-OH is 9. The summed E-state index contributed by atoms with van der Waals surface area (Å²) in [6.07, 6.45) is -15.4. The summed E-state index contributed by atoms with van der Waals surface area (Å²) in [6.45, 7) is -0.526. The molecule has 0 aromatic heterocycles. The van der Waals surface area contributed by atoms with Gasteiger partial charge in [0.1, 0.15) is 42.7 Å². The molecule has 1 aliphatic rings. The second-order valence-electron chi connectivity index (χ2n) is 5.11. The van der Waals surface area contributed by atoms with Crippen LogP contribution < -0.4 is 0 Å². The van der Waals surface area contributed by atoms with E-state index in [4.69, 9.17) is 51.1 Å². The van der Waals surface area contributed by atoms with Crippen LogP contribution in [0, 0.1) is 0 Å². The van der Waals surface area contributed by atoms with Crippen molar-refractivity contribution in [3.63, 3.8) is 0 Å². The number of aliphatic carboxylic acids is 1. The summed E-state index contributed by atoms with van der Waals surface area (Å²) in [5, 5.41) is 87.8. The molecule has 13 heteroatoms. The monoisotopic (exact) mass is 374 g/mol. The van der Waals surface area contributed by atoms with Crippen LogP contribution in [0.15, 0.2) is 0 Å². The smallest absolute Gasteiger partial charge is 0.335 e. The van der Waals surface area contributed by atoms with Crippen LogP contribution in [0.1, 0.15) is 0 Å². The molecule has 1 aliphatic heterocycles. The molecular formula is C12H22O13. The van der Waals surface area contributed by atoms with Gasteiger partial charge in [-0.05, 0) is 0 Å². The molecule has 1 heterocycles. The first-order chi connectivity index (χ1) is 11.5. The molecule has 148 valence electrons. The molecule has 1 fully saturated rings. The van der Waals surface area contributed by atoms with E-state index in [0.717, 1.165) is 0 Å². The van der Waals surface area contributed by atoms with E-state index in [1.165, 1.54) is 0 Å². The maximum atomic E-state index is 10.1. The summed E-state index contributed by atoms with van der Waals surface area (Å²) in [6, 6.07) is 0. The van der Waals surface area contributed by atoms with E-state index in [-0.39, 0.29) is 6.29 Å². The van der Waals surface area contributed by atoms with E-state index in [2.05, 4.69) is 4.74 Å². The molecule has 0 spiro atoms. The first-order valence-electron chi connectivity index (χ1n) is 6.88. The molecule has 10 N–H and O–H groups in total. The van der Waals surface area contributed by atoms with Crippen molar-refractivity contribution in [1.29, 1.82) is 0 Å². The fourth-order valence-electron chi connectivity index (χ4n) is 1.70. The van der Waals surface area contributed by atoms with E-state index in [1.807, 2.05) is 0 Å². The Morgan fingerprint density at radius 3 is 1.88 bits per heavy atom. The summed E-state index contributed by atoms with van der Waals surface area (Å²) in [4.78, 5) is 20.0. The highest BCUT2D eigenvalue weighted by Crippen LogP contribution is 2.19. The molecule has 0 aromatic carbocycles. The first-order valence-corrected chi connectivity index (χ1v) is 6.88. The van der Waals surface area contributed by atoms with Crippen LogP contribution >= 0.6 is 0 Å². The summed E-state index contributed by atoms with van der Waals surface area (Å²) in [5.74, 6) is -1.76. The Morgan fingerprint density at radius 1 is 0.960 bits per heavy atom. The number of rotatable bonds is 6. The average molecular weight is 374 g/mol. The van der Waals surface area contributed by atoms with E-state index in [9.17, 15) is 9.59 Å². The second-order valence-corrected chi connectivity index (χ2v) is 5.11. The average Bonchev–Trinajstić information content (AvgIpc) is 2.60. The zero-order valence-corrected chi connectivity index (χ0v) is 12.7. The molecule has 0 saturated carbocycles. The number of hydrogen-bond acceptors (Lipinski definition) is 12. The fourth-order valence-corrected chi connectivity index (χ4v) is 1.70. The Labute approximate surface area is 140 Å². The predicted octanol–water partition coefficient (Wildman–Crippen LogP) is -6.51. The third kappa shape index (κ3) is 6.52. The molecule has 0 radical (unpaired) electrons. The van der Waals surface area contributed by atoms with Gasteiger partial charge in [-0.15, -0.1) is 0 Å². The Balaban J connectivity index is 0.000000462. The molecule has 0 amide bonds.